The van der Waals surface area contributed by atoms with Gasteiger partial charge in [-0.15, -0.1) is 0 Å². The predicted molar refractivity (Wildman–Crippen MR) is 243 cm³/mol. The summed E-state index contributed by atoms with van der Waals surface area (Å²) in [5.74, 6) is -0.783. The number of phosphoric ester groups is 1. The van der Waals surface area contributed by atoms with Gasteiger partial charge in [-0.25, -0.2) is 4.57 Å². The van der Waals surface area contributed by atoms with Gasteiger partial charge in [0.1, 0.15) is 19.8 Å². The summed E-state index contributed by atoms with van der Waals surface area (Å²) in [6.07, 6.45) is 24.7. The predicted octanol–water partition coefficient (Wildman–Crippen LogP) is 11.2. The molecular weight excluding hydrogens is 780 g/mol. The number of likely N-dealkylation sites (N-methyl/N-ethyl adjacent to an activating group) is 1. The number of hydrogen-bond donors (Lipinski definition) is 2. The first-order valence-corrected chi connectivity index (χ1v) is 24.9. The smallest absolute Gasteiger partial charge is 0.462 e. The van der Waals surface area contributed by atoms with E-state index in [4.69, 9.17) is 18.5 Å². The van der Waals surface area contributed by atoms with E-state index >= 15 is 0 Å². The molecule has 2 aromatic rings. The molecule has 0 spiro atoms. The summed E-state index contributed by atoms with van der Waals surface area (Å²) >= 11 is 0. The highest BCUT2D eigenvalue weighted by molar-refractivity contribution is 7.47. The molecule has 0 bridgehead atoms. The number of nitrogens with one attached hydrogen (secondary N) is 1. The number of amides is 1. The summed E-state index contributed by atoms with van der Waals surface area (Å²) in [6.45, 7) is 2.78. The Kier molecular flexibility index (Phi) is 29.2. The summed E-state index contributed by atoms with van der Waals surface area (Å²) in [6, 6.07) is 14.2. The van der Waals surface area contributed by atoms with Crippen molar-refractivity contribution in [3.8, 4) is 0 Å². The topological polar surface area (TPSA) is 137 Å². The highest BCUT2D eigenvalue weighted by Crippen LogP contribution is 2.43. The molecule has 0 aliphatic carbocycles. The van der Waals surface area contributed by atoms with Crippen LogP contribution in [0, 0.1) is 0 Å². The first kappa shape index (κ1) is 53.3. The summed E-state index contributed by atoms with van der Waals surface area (Å²) < 4.78 is 34.3. The minimum atomic E-state index is -4.40. The van der Waals surface area contributed by atoms with Crippen molar-refractivity contribution in [2.75, 3.05) is 54.1 Å². The molecule has 342 valence electrons. The van der Waals surface area contributed by atoms with Crippen LogP contribution in [0.1, 0.15) is 167 Å². The summed E-state index contributed by atoms with van der Waals surface area (Å²) in [5.41, 5.74) is 1.05. The van der Waals surface area contributed by atoms with Gasteiger partial charge in [-0.2, -0.15) is 0 Å². The van der Waals surface area contributed by atoms with Gasteiger partial charge < -0.3 is 24.2 Å². The Balaban J connectivity index is 1.58. The molecule has 1 unspecified atom stereocenters. The van der Waals surface area contributed by atoms with E-state index in [1.165, 1.54) is 64.2 Å². The molecule has 2 rings (SSSR count). The van der Waals surface area contributed by atoms with E-state index in [1.54, 1.807) is 0 Å². The number of fused-ring (bicyclic) bond motifs is 1. The van der Waals surface area contributed by atoms with Crippen LogP contribution < -0.4 is 5.32 Å². The lowest BCUT2D eigenvalue weighted by molar-refractivity contribution is -0.870. The number of rotatable bonds is 38. The van der Waals surface area contributed by atoms with Crippen LogP contribution in [0.25, 0.3) is 10.8 Å². The fourth-order valence-corrected chi connectivity index (χ4v) is 7.83. The van der Waals surface area contributed by atoms with Crippen LogP contribution in [0.2, 0.25) is 0 Å². The van der Waals surface area contributed by atoms with E-state index in [1.807, 2.05) is 45.4 Å². The van der Waals surface area contributed by atoms with Gasteiger partial charge in [0.2, 0.25) is 5.91 Å². The van der Waals surface area contributed by atoms with Crippen LogP contribution in [0.15, 0.2) is 42.5 Å². The van der Waals surface area contributed by atoms with Gasteiger partial charge in [0.05, 0.1) is 34.2 Å². The molecule has 0 aromatic heterocycles. The molecule has 0 heterocycles. The number of ether oxygens (including phenoxy) is 2. The average Bonchev–Trinajstić information content (AvgIpc) is 3.20. The second kappa shape index (κ2) is 32.8. The van der Waals surface area contributed by atoms with Crippen molar-refractivity contribution in [3.05, 3.63) is 48.0 Å². The van der Waals surface area contributed by atoms with Crippen molar-refractivity contribution >= 4 is 36.4 Å². The highest BCUT2D eigenvalue weighted by Gasteiger charge is 2.27. The van der Waals surface area contributed by atoms with E-state index in [0.717, 1.165) is 87.0 Å². The monoisotopic (exact) mass is 862 g/mol. The molecular formula is C48H82N2O9P+. The zero-order chi connectivity index (χ0) is 43.7. The highest BCUT2D eigenvalue weighted by atomic mass is 31.2. The summed E-state index contributed by atoms with van der Waals surface area (Å²) in [5, 5.41) is 5.35. The fourth-order valence-electron chi connectivity index (χ4n) is 7.09. The van der Waals surface area contributed by atoms with Crippen molar-refractivity contribution in [2.24, 2.45) is 0 Å². The van der Waals surface area contributed by atoms with Crippen LogP contribution in [-0.2, 0) is 43.9 Å². The Morgan fingerprint density at radius 2 is 1.17 bits per heavy atom. The average molecular weight is 862 g/mol. The third kappa shape index (κ3) is 28.7. The van der Waals surface area contributed by atoms with E-state index in [9.17, 15) is 23.8 Å². The van der Waals surface area contributed by atoms with Gasteiger partial charge in [0, 0.05) is 19.4 Å². The molecule has 60 heavy (non-hydrogen) atoms. The van der Waals surface area contributed by atoms with Crippen LogP contribution in [0.3, 0.4) is 0 Å². The van der Waals surface area contributed by atoms with E-state index < -0.39 is 26.5 Å². The normalized spacial score (nSPS) is 13.2. The minimum Gasteiger partial charge on any atom is -0.462 e. The van der Waals surface area contributed by atoms with Gasteiger partial charge in [-0.1, -0.05) is 171 Å². The van der Waals surface area contributed by atoms with E-state index in [-0.39, 0.29) is 37.9 Å². The second-order valence-electron chi connectivity index (χ2n) is 17.5. The maximum Gasteiger partial charge on any atom is 0.472 e. The maximum atomic E-state index is 12.8. The summed E-state index contributed by atoms with van der Waals surface area (Å²) in [7, 11) is 1.43. The van der Waals surface area contributed by atoms with E-state index in [0.29, 0.717) is 30.4 Å². The molecule has 0 fully saturated rings. The molecule has 2 atom stereocenters. The van der Waals surface area contributed by atoms with Crippen LogP contribution >= 0.6 is 7.82 Å². The molecule has 0 saturated heterocycles. The largest absolute Gasteiger partial charge is 0.472 e. The van der Waals surface area contributed by atoms with Crippen LogP contribution in [-0.4, -0.2) is 87.4 Å². The van der Waals surface area contributed by atoms with Gasteiger partial charge in [-0.05, 0) is 35.6 Å². The fraction of sp³-hybridized carbons (Fsp3) is 0.729. The lowest BCUT2D eigenvalue weighted by atomic mass is 10.0. The van der Waals surface area contributed by atoms with Crippen molar-refractivity contribution in [2.45, 2.75) is 174 Å². The zero-order valence-corrected chi connectivity index (χ0v) is 38.8. The molecule has 1 amide bonds. The maximum absolute atomic E-state index is 12.8. The first-order valence-electron chi connectivity index (χ1n) is 23.4. The number of unbranched alkanes of at least 4 members (excludes halogenated alkanes) is 20. The standard InChI is InChI=1S/C48H81N2O9P/c1-5-6-7-8-9-10-11-12-13-15-18-21-24-34-47(52)56-40-44(41-58-60(54,55)57-38-37-50(2,3)4)59-48(53)35-25-22-19-16-14-17-20-23-28-36-49-46(51)39-43-32-29-31-42-30-26-27-33-45(42)43/h26-27,29-33,44H,5-25,28,34-41H2,1-4H3,(H-,49,51,54,55)/p+1/t44-/m1/s1. The van der Waals surface area contributed by atoms with Crippen molar-refractivity contribution in [1.29, 1.82) is 0 Å². The lowest BCUT2D eigenvalue weighted by Crippen LogP contribution is -2.37. The number of carbonyl (C=O) groups is 3. The quantitative estimate of drug-likeness (QED) is 0.0292. The number of phosphoric acid groups is 1. The number of benzene rings is 2. The van der Waals surface area contributed by atoms with Crippen molar-refractivity contribution in [1.82, 2.24) is 5.32 Å². The Labute approximate surface area is 363 Å². The Bertz CT molecular complexity index is 1490. The van der Waals surface area contributed by atoms with E-state index in [2.05, 4.69) is 30.4 Å². The zero-order valence-electron chi connectivity index (χ0n) is 37.9. The first-order chi connectivity index (χ1) is 28.9. The van der Waals surface area contributed by atoms with Gasteiger partial charge in [0.15, 0.2) is 6.10 Å². The number of quaternary nitrogens is 1. The SMILES string of the molecule is CCCCCCCCCCCCCCCC(=O)OC[C@H](COP(=O)(O)OCC[N+](C)(C)C)OC(=O)CCCCCCCCCCCNC(=O)Cc1cccc2ccccc12. The minimum absolute atomic E-state index is 0.0171. The van der Waals surface area contributed by atoms with Crippen LogP contribution in [0.4, 0.5) is 0 Å². The number of nitrogens with zero attached hydrogens (tertiary/aromatic N) is 1. The second-order valence-corrected chi connectivity index (χ2v) is 18.9. The Hall–Kier alpha value is -2.82. The third-order valence-corrected chi connectivity index (χ3v) is 11.7. The van der Waals surface area contributed by atoms with Gasteiger partial charge >= 0.3 is 19.8 Å². The van der Waals surface area contributed by atoms with Crippen molar-refractivity contribution in [3.63, 3.8) is 0 Å². The molecule has 2 aromatic carbocycles. The molecule has 0 aliphatic rings. The lowest BCUT2D eigenvalue weighted by Gasteiger charge is -2.24. The molecule has 0 aliphatic heterocycles. The Morgan fingerprint density at radius 1 is 0.650 bits per heavy atom. The number of hydrogen-bond acceptors (Lipinski definition) is 8. The van der Waals surface area contributed by atoms with Gasteiger partial charge in [-0.3, -0.25) is 23.4 Å². The molecule has 2 N–H and O–H groups in total. The molecule has 11 nitrogen and oxygen atoms in total. The number of esters is 2. The van der Waals surface area contributed by atoms with Gasteiger partial charge in [0.25, 0.3) is 0 Å². The summed E-state index contributed by atoms with van der Waals surface area (Å²) in [4.78, 5) is 48.0. The number of carbonyl (C=O) groups excluding carboxylic acids is 3. The van der Waals surface area contributed by atoms with Crippen molar-refractivity contribution < 1.29 is 46.8 Å². The molecule has 0 radical (unpaired) electrons. The Morgan fingerprint density at radius 3 is 1.75 bits per heavy atom. The third-order valence-electron chi connectivity index (χ3n) is 10.8. The molecule has 12 heteroatoms. The molecule has 0 saturated carbocycles. The van der Waals surface area contributed by atoms with Crippen LogP contribution in [0.5, 0.6) is 0 Å².